The zero-order chi connectivity index (χ0) is 8.69. The molecule has 0 aliphatic heterocycles. The van der Waals surface area contributed by atoms with Gasteiger partial charge in [-0.3, -0.25) is 0 Å². The molecule has 1 unspecified atom stereocenters. The third-order valence-corrected chi connectivity index (χ3v) is 1.59. The molecule has 1 atom stereocenters. The molecule has 0 N–H and O–H groups in total. The van der Waals surface area contributed by atoms with Crippen LogP contribution in [-0.2, 0) is 4.79 Å². The third kappa shape index (κ3) is 10.4. The van der Waals surface area contributed by atoms with E-state index in [2.05, 4.69) is 0 Å². The van der Waals surface area contributed by atoms with Crippen molar-refractivity contribution in [1.82, 2.24) is 0 Å². The summed E-state index contributed by atoms with van der Waals surface area (Å²) in [5.74, 6) is -1.04. The van der Waals surface area contributed by atoms with Crippen LogP contribution in [0.25, 0.3) is 0 Å². The van der Waals surface area contributed by atoms with Gasteiger partial charge >= 0.3 is 29.6 Å². The van der Waals surface area contributed by atoms with E-state index in [0.717, 1.165) is 0 Å². The van der Waals surface area contributed by atoms with Gasteiger partial charge in [0.2, 0.25) is 0 Å². The number of alkyl halides is 1. The Morgan fingerprint density at radius 2 is 2.08 bits per heavy atom. The maximum Gasteiger partial charge on any atom is 1.00 e. The number of halogens is 1. The van der Waals surface area contributed by atoms with E-state index in [1.54, 1.807) is 6.92 Å². The van der Waals surface area contributed by atoms with Crippen LogP contribution in [0.2, 0.25) is 0 Å². The average Bonchev–Trinajstić information content (AvgIpc) is 1.97. The van der Waals surface area contributed by atoms with E-state index in [1.165, 1.54) is 0 Å². The molecule has 0 aromatic rings. The quantitative estimate of drug-likeness (QED) is 0.355. The Hall–Kier alpha value is 0.400. The van der Waals surface area contributed by atoms with Gasteiger partial charge in [0.05, 0.1) is 6.17 Å². The monoisotopic (exact) mass is 184 g/mol. The van der Waals surface area contributed by atoms with E-state index in [1.807, 2.05) is 0 Å². The van der Waals surface area contributed by atoms with Gasteiger partial charge in [0, 0.05) is 5.97 Å². The number of carboxylic acid groups (broad SMARTS) is 1. The van der Waals surface area contributed by atoms with Gasteiger partial charge in [-0.2, -0.15) is 0 Å². The predicted octanol–water partition coefficient (Wildman–Crippen LogP) is -1.95. The van der Waals surface area contributed by atoms with Crippen molar-refractivity contribution in [3.8, 4) is 0 Å². The summed E-state index contributed by atoms with van der Waals surface area (Å²) >= 11 is 0. The van der Waals surface area contributed by atoms with Gasteiger partial charge in [0.1, 0.15) is 0 Å². The first-order chi connectivity index (χ1) is 5.16. The Morgan fingerprint density at radius 3 is 2.50 bits per heavy atom. The van der Waals surface area contributed by atoms with Crippen LogP contribution in [0.15, 0.2) is 0 Å². The van der Waals surface area contributed by atoms with Crippen LogP contribution in [0.1, 0.15) is 39.0 Å². The van der Waals surface area contributed by atoms with Crippen molar-refractivity contribution in [2.45, 2.75) is 45.2 Å². The Kier molecular flexibility index (Phi) is 11.8. The molecule has 0 saturated carbocycles. The number of carbonyl (C=O) groups excluding carboxylic acids is 1. The van der Waals surface area contributed by atoms with E-state index in [0.29, 0.717) is 25.7 Å². The summed E-state index contributed by atoms with van der Waals surface area (Å²) in [6.45, 7) is 1.78. The molecule has 66 valence electrons. The Balaban J connectivity index is 0. The van der Waals surface area contributed by atoms with Crippen LogP contribution in [0.4, 0.5) is 4.39 Å². The normalized spacial score (nSPS) is 11.8. The van der Waals surface area contributed by atoms with Crippen molar-refractivity contribution in [3.63, 3.8) is 0 Å². The number of unbranched alkanes of at least 4 members (excludes halogenated alkanes) is 1. The fraction of sp³-hybridized carbons (Fsp3) is 0.875. The predicted molar refractivity (Wildman–Crippen MR) is 38.7 cm³/mol. The summed E-state index contributed by atoms with van der Waals surface area (Å²) in [5, 5.41) is 9.91. The van der Waals surface area contributed by atoms with Gasteiger partial charge in [0.15, 0.2) is 0 Å². The van der Waals surface area contributed by atoms with Crippen molar-refractivity contribution in [2.24, 2.45) is 0 Å². The van der Waals surface area contributed by atoms with Crippen molar-refractivity contribution in [2.75, 3.05) is 0 Å². The molecule has 0 aliphatic rings. The zero-order valence-corrected chi connectivity index (χ0v) is 9.81. The molecule has 0 heterocycles. The molecule has 0 saturated heterocycles. The number of rotatable bonds is 6. The smallest absolute Gasteiger partial charge is 0.550 e. The second kappa shape index (κ2) is 9.49. The summed E-state index contributed by atoms with van der Waals surface area (Å²) in [6.07, 6.45) is 1.45. The minimum atomic E-state index is -1.04. The molecule has 0 bridgehead atoms. The molecule has 0 aromatic carbocycles. The number of aliphatic carboxylic acids is 1. The average molecular weight is 184 g/mol. The zero-order valence-electron chi connectivity index (χ0n) is 7.81. The summed E-state index contributed by atoms with van der Waals surface area (Å²) in [5.41, 5.74) is 0. The van der Waals surface area contributed by atoms with Gasteiger partial charge < -0.3 is 9.90 Å². The second-order valence-electron chi connectivity index (χ2n) is 2.62. The third-order valence-electron chi connectivity index (χ3n) is 1.59. The van der Waals surface area contributed by atoms with Crippen molar-refractivity contribution >= 4 is 5.97 Å². The Labute approximate surface area is 94.8 Å². The largest absolute Gasteiger partial charge is 1.00 e. The SMILES string of the molecule is CCC(F)CCCCC(=O)[O-].[Na+]. The van der Waals surface area contributed by atoms with Crippen LogP contribution >= 0.6 is 0 Å². The first-order valence-corrected chi connectivity index (χ1v) is 4.00. The minimum Gasteiger partial charge on any atom is -0.550 e. The number of hydrogen-bond donors (Lipinski definition) is 0. The maximum absolute atomic E-state index is 12.5. The summed E-state index contributed by atoms with van der Waals surface area (Å²) < 4.78 is 12.5. The molecule has 2 nitrogen and oxygen atoms in total. The molecule has 12 heavy (non-hydrogen) atoms. The van der Waals surface area contributed by atoms with Gasteiger partial charge in [-0.25, -0.2) is 4.39 Å². The molecule has 0 aliphatic carbocycles. The van der Waals surface area contributed by atoms with Gasteiger partial charge in [-0.1, -0.05) is 13.3 Å². The molecule has 0 spiro atoms. The molecule has 4 heteroatoms. The molecule has 0 amide bonds. The number of carboxylic acids is 1. The maximum atomic E-state index is 12.5. The van der Waals surface area contributed by atoms with E-state index >= 15 is 0 Å². The molecular formula is C8H14FNaO2. The molecule has 0 aromatic heterocycles. The van der Waals surface area contributed by atoms with Gasteiger partial charge in [-0.15, -0.1) is 0 Å². The van der Waals surface area contributed by atoms with E-state index in [4.69, 9.17) is 0 Å². The van der Waals surface area contributed by atoms with Crippen LogP contribution in [0.3, 0.4) is 0 Å². The van der Waals surface area contributed by atoms with Gasteiger partial charge in [0.25, 0.3) is 0 Å². The topological polar surface area (TPSA) is 40.1 Å². The van der Waals surface area contributed by atoms with E-state index < -0.39 is 12.1 Å². The van der Waals surface area contributed by atoms with Crippen LogP contribution < -0.4 is 34.7 Å². The molecular weight excluding hydrogens is 170 g/mol. The minimum absolute atomic E-state index is 0. The fourth-order valence-corrected chi connectivity index (χ4v) is 0.839. The summed E-state index contributed by atoms with van der Waals surface area (Å²) in [4.78, 5) is 9.91. The van der Waals surface area contributed by atoms with E-state index in [9.17, 15) is 14.3 Å². The fourth-order valence-electron chi connectivity index (χ4n) is 0.839. The first-order valence-electron chi connectivity index (χ1n) is 4.00. The van der Waals surface area contributed by atoms with Crippen LogP contribution in [-0.4, -0.2) is 12.1 Å². The number of carbonyl (C=O) groups is 1. The second-order valence-corrected chi connectivity index (χ2v) is 2.62. The van der Waals surface area contributed by atoms with Crippen LogP contribution in [0.5, 0.6) is 0 Å². The van der Waals surface area contributed by atoms with Crippen LogP contribution in [0, 0.1) is 0 Å². The van der Waals surface area contributed by atoms with Crippen molar-refractivity contribution < 1.29 is 43.8 Å². The molecule has 0 radical (unpaired) electrons. The van der Waals surface area contributed by atoms with Gasteiger partial charge in [-0.05, 0) is 25.7 Å². The number of hydrogen-bond acceptors (Lipinski definition) is 2. The molecule has 0 rings (SSSR count). The first kappa shape index (κ1) is 14.9. The van der Waals surface area contributed by atoms with Crippen molar-refractivity contribution in [3.05, 3.63) is 0 Å². The summed E-state index contributed by atoms with van der Waals surface area (Å²) in [7, 11) is 0. The summed E-state index contributed by atoms with van der Waals surface area (Å²) in [6, 6.07) is 0. The van der Waals surface area contributed by atoms with E-state index in [-0.39, 0.29) is 36.0 Å². The van der Waals surface area contributed by atoms with Crippen molar-refractivity contribution in [1.29, 1.82) is 0 Å². The standard InChI is InChI=1S/C8H15FO2.Na/c1-2-7(9)5-3-4-6-8(10)11;/h7H,2-6H2,1H3,(H,10,11);/q;+1/p-1. The molecule has 0 fully saturated rings. The Morgan fingerprint density at radius 1 is 1.50 bits per heavy atom. The Bertz CT molecular complexity index is 120.